The second kappa shape index (κ2) is 4.59. The fourth-order valence-corrected chi connectivity index (χ4v) is 1.84. The number of amides is 1. The predicted octanol–water partition coefficient (Wildman–Crippen LogP) is 1.69. The van der Waals surface area contributed by atoms with Gasteiger partial charge in [-0.1, -0.05) is 18.2 Å². The third-order valence-corrected chi connectivity index (χ3v) is 2.62. The van der Waals surface area contributed by atoms with Gasteiger partial charge in [-0.25, -0.2) is 0 Å². The molecule has 0 bridgehead atoms. The molecule has 0 radical (unpaired) electrons. The highest BCUT2D eigenvalue weighted by molar-refractivity contribution is 5.98. The summed E-state index contributed by atoms with van der Waals surface area (Å²) in [6.07, 6.45) is -0.946. The van der Waals surface area contributed by atoms with Gasteiger partial charge in [0.2, 0.25) is 0 Å². The molecule has 1 aliphatic rings. The zero-order valence-corrected chi connectivity index (χ0v) is 8.85. The average Bonchev–Trinajstić information content (AvgIpc) is 2.60. The van der Waals surface area contributed by atoms with Gasteiger partial charge in [0.05, 0.1) is 6.61 Å². The van der Waals surface area contributed by atoms with E-state index in [0.29, 0.717) is 24.3 Å². The molecule has 2 rings (SSSR count). The van der Waals surface area contributed by atoms with Gasteiger partial charge in [0.25, 0.3) is 5.91 Å². The molecule has 1 heterocycles. The Bertz CT molecular complexity index is 397. The van der Waals surface area contributed by atoms with Gasteiger partial charge in [0.15, 0.2) is 6.23 Å². The van der Waals surface area contributed by atoms with E-state index in [4.69, 9.17) is 4.74 Å². The molecular weight excluding hydrogens is 213 g/mol. The fraction of sp³-hybridized carbons (Fsp3) is 0.364. The summed E-state index contributed by atoms with van der Waals surface area (Å²) in [5.41, 5.74) is 1.05. The van der Waals surface area contributed by atoms with E-state index in [1.165, 1.54) is 12.0 Å². The standard InChI is InChI=1S/C11H12FNO3/c1-15-7-6-13-10(14)8-4-2-3-5-9(8)11(13)16-12/h2-5,11H,6-7H2,1H3. The maximum Gasteiger partial charge on any atom is 0.256 e. The molecule has 1 atom stereocenters. The highest BCUT2D eigenvalue weighted by atomic mass is 19.3. The van der Waals surface area contributed by atoms with E-state index in [9.17, 15) is 9.32 Å². The van der Waals surface area contributed by atoms with Gasteiger partial charge in [-0.2, -0.15) is 4.94 Å². The molecule has 5 heteroatoms. The lowest BCUT2D eigenvalue weighted by molar-refractivity contribution is -0.220. The first kappa shape index (κ1) is 11.0. The van der Waals surface area contributed by atoms with Crippen LogP contribution in [0.1, 0.15) is 22.1 Å². The Labute approximate surface area is 92.5 Å². The van der Waals surface area contributed by atoms with Gasteiger partial charge < -0.3 is 9.64 Å². The zero-order valence-electron chi connectivity index (χ0n) is 8.85. The number of rotatable bonds is 4. The van der Waals surface area contributed by atoms with Crippen molar-refractivity contribution in [3.05, 3.63) is 35.4 Å². The highest BCUT2D eigenvalue weighted by Gasteiger charge is 2.37. The number of hydrogen-bond donors (Lipinski definition) is 0. The lowest BCUT2D eigenvalue weighted by Crippen LogP contribution is -2.31. The van der Waals surface area contributed by atoms with Crippen LogP contribution in [0.4, 0.5) is 4.53 Å². The summed E-state index contributed by atoms with van der Waals surface area (Å²) in [7, 11) is 1.53. The molecule has 1 unspecified atom stereocenters. The van der Waals surface area contributed by atoms with Crippen molar-refractivity contribution >= 4 is 5.91 Å². The Morgan fingerprint density at radius 2 is 2.19 bits per heavy atom. The Balaban J connectivity index is 2.28. The first-order valence-corrected chi connectivity index (χ1v) is 4.96. The molecule has 86 valence electrons. The smallest absolute Gasteiger partial charge is 0.256 e. The van der Waals surface area contributed by atoms with Crippen LogP contribution in [-0.4, -0.2) is 31.1 Å². The molecule has 0 aromatic heterocycles. The van der Waals surface area contributed by atoms with Crippen LogP contribution in [0.2, 0.25) is 0 Å². The molecule has 16 heavy (non-hydrogen) atoms. The van der Waals surface area contributed by atoms with Crippen LogP contribution in [0.15, 0.2) is 24.3 Å². The van der Waals surface area contributed by atoms with Gasteiger partial charge in [-0.05, 0) is 10.6 Å². The molecule has 1 aromatic carbocycles. The van der Waals surface area contributed by atoms with Gasteiger partial charge in [0, 0.05) is 24.8 Å². The van der Waals surface area contributed by atoms with Crippen LogP contribution >= 0.6 is 0 Å². The van der Waals surface area contributed by atoms with Crippen molar-refractivity contribution in [1.29, 1.82) is 0 Å². The second-order valence-corrected chi connectivity index (χ2v) is 3.52. The van der Waals surface area contributed by atoms with Gasteiger partial charge >= 0.3 is 0 Å². The van der Waals surface area contributed by atoms with Gasteiger partial charge in [0.1, 0.15) is 0 Å². The van der Waals surface area contributed by atoms with Crippen molar-refractivity contribution in [1.82, 2.24) is 4.90 Å². The van der Waals surface area contributed by atoms with E-state index < -0.39 is 6.23 Å². The summed E-state index contributed by atoms with van der Waals surface area (Å²) in [4.78, 5) is 17.1. The van der Waals surface area contributed by atoms with Crippen LogP contribution in [-0.2, 0) is 9.68 Å². The number of fused-ring (bicyclic) bond motifs is 1. The lowest BCUT2D eigenvalue weighted by atomic mass is 10.1. The van der Waals surface area contributed by atoms with E-state index in [0.717, 1.165) is 0 Å². The number of methoxy groups -OCH3 is 1. The van der Waals surface area contributed by atoms with Crippen molar-refractivity contribution in [2.45, 2.75) is 6.23 Å². The molecule has 4 nitrogen and oxygen atoms in total. The predicted molar refractivity (Wildman–Crippen MR) is 54.3 cm³/mol. The minimum absolute atomic E-state index is 0.227. The number of benzene rings is 1. The van der Waals surface area contributed by atoms with Crippen LogP contribution in [0.3, 0.4) is 0 Å². The summed E-state index contributed by atoms with van der Waals surface area (Å²) in [6, 6.07) is 6.84. The van der Waals surface area contributed by atoms with Crippen molar-refractivity contribution in [2.75, 3.05) is 20.3 Å². The Hall–Kier alpha value is -1.46. The molecule has 0 spiro atoms. The molecule has 0 aliphatic carbocycles. The number of carbonyl (C=O) groups is 1. The Kier molecular flexibility index (Phi) is 3.17. The van der Waals surface area contributed by atoms with Crippen LogP contribution in [0.5, 0.6) is 0 Å². The second-order valence-electron chi connectivity index (χ2n) is 3.52. The monoisotopic (exact) mass is 225 g/mol. The normalized spacial score (nSPS) is 19.0. The lowest BCUT2D eigenvalue weighted by Gasteiger charge is -2.20. The molecule has 1 aromatic rings. The number of ether oxygens (including phenoxy) is 1. The summed E-state index contributed by atoms with van der Waals surface area (Å²) < 4.78 is 17.4. The molecule has 0 fully saturated rings. The SMILES string of the molecule is COCCN1C(=O)c2ccccc2C1OF. The summed E-state index contributed by atoms with van der Waals surface area (Å²) in [5, 5.41) is 0. The van der Waals surface area contributed by atoms with E-state index in [1.807, 2.05) is 0 Å². The summed E-state index contributed by atoms with van der Waals surface area (Å²) >= 11 is 0. The number of carbonyl (C=O) groups excluding carboxylic acids is 1. The minimum Gasteiger partial charge on any atom is -0.383 e. The topological polar surface area (TPSA) is 38.8 Å². The van der Waals surface area contributed by atoms with Gasteiger partial charge in [-0.15, -0.1) is 0 Å². The van der Waals surface area contributed by atoms with E-state index >= 15 is 0 Å². The first-order valence-electron chi connectivity index (χ1n) is 4.96. The molecule has 1 aliphatic heterocycles. The third kappa shape index (κ3) is 1.68. The summed E-state index contributed by atoms with van der Waals surface area (Å²) in [6.45, 7) is 0.651. The third-order valence-electron chi connectivity index (χ3n) is 2.62. The minimum atomic E-state index is -0.946. The van der Waals surface area contributed by atoms with Crippen LogP contribution in [0, 0.1) is 0 Å². The number of nitrogens with zero attached hydrogens (tertiary/aromatic N) is 1. The van der Waals surface area contributed by atoms with E-state index in [-0.39, 0.29) is 5.91 Å². The fourth-order valence-electron chi connectivity index (χ4n) is 1.84. The van der Waals surface area contributed by atoms with Gasteiger partial charge in [-0.3, -0.25) is 4.79 Å². The zero-order chi connectivity index (χ0) is 11.5. The Morgan fingerprint density at radius 3 is 2.88 bits per heavy atom. The van der Waals surface area contributed by atoms with Crippen molar-refractivity contribution in [3.63, 3.8) is 0 Å². The Morgan fingerprint density at radius 1 is 1.44 bits per heavy atom. The molecule has 1 amide bonds. The average molecular weight is 225 g/mol. The van der Waals surface area contributed by atoms with Crippen molar-refractivity contribution in [2.24, 2.45) is 0 Å². The molecule has 0 N–H and O–H groups in total. The quantitative estimate of drug-likeness (QED) is 0.782. The largest absolute Gasteiger partial charge is 0.383 e. The first-order chi connectivity index (χ1) is 7.79. The van der Waals surface area contributed by atoms with Crippen LogP contribution < -0.4 is 0 Å². The van der Waals surface area contributed by atoms with E-state index in [1.54, 1.807) is 24.3 Å². The van der Waals surface area contributed by atoms with Crippen molar-refractivity contribution in [3.8, 4) is 0 Å². The van der Waals surface area contributed by atoms with Crippen LogP contribution in [0.25, 0.3) is 0 Å². The maximum atomic E-state index is 12.5. The molecular formula is C11H12FNO3. The summed E-state index contributed by atoms with van der Waals surface area (Å²) in [5.74, 6) is -0.227. The molecule has 0 saturated heterocycles. The number of halogens is 1. The number of hydrogen-bond acceptors (Lipinski definition) is 3. The molecule has 0 saturated carbocycles. The van der Waals surface area contributed by atoms with Crippen molar-refractivity contribution < 1.29 is 19.0 Å². The maximum absolute atomic E-state index is 12.5. The highest BCUT2D eigenvalue weighted by Crippen LogP contribution is 2.34. The van der Waals surface area contributed by atoms with E-state index in [2.05, 4.69) is 4.94 Å².